The monoisotopic (exact) mass is 224 g/mol. The number of hydrogen-bond donors (Lipinski definition) is 1. The van der Waals surface area contributed by atoms with Gasteiger partial charge in [-0.25, -0.2) is 0 Å². The first-order valence-electron chi connectivity index (χ1n) is 6.09. The summed E-state index contributed by atoms with van der Waals surface area (Å²) in [5.74, 6) is 0. The average Bonchev–Trinajstić information content (AvgIpc) is 2.23. The van der Waals surface area contributed by atoms with Crippen LogP contribution in [0.15, 0.2) is 0 Å². The van der Waals surface area contributed by atoms with Gasteiger partial charge in [0.15, 0.2) is 0 Å². The zero-order valence-corrected chi connectivity index (χ0v) is 11.0. The van der Waals surface area contributed by atoms with Crippen LogP contribution in [0.25, 0.3) is 0 Å². The summed E-state index contributed by atoms with van der Waals surface area (Å²) in [4.78, 5) is 4.75. The lowest BCUT2D eigenvalue weighted by Gasteiger charge is -2.41. The molecule has 0 aromatic carbocycles. The quantitative estimate of drug-likeness (QED) is 0.756. The minimum atomic E-state index is -0.418. The summed E-state index contributed by atoms with van der Waals surface area (Å²) >= 11 is 0. The van der Waals surface area contributed by atoms with E-state index in [2.05, 4.69) is 35.2 Å². The Morgan fingerprint density at radius 2 is 2.19 bits per heavy atom. The summed E-state index contributed by atoms with van der Waals surface area (Å²) < 4.78 is 0. The van der Waals surface area contributed by atoms with Gasteiger partial charge in [0.2, 0.25) is 0 Å². The minimum Gasteiger partial charge on any atom is -0.304 e. The van der Waals surface area contributed by atoms with Crippen molar-refractivity contribution < 1.29 is 0 Å². The van der Waals surface area contributed by atoms with Crippen molar-refractivity contribution in [1.29, 1.82) is 5.26 Å². The fourth-order valence-electron chi connectivity index (χ4n) is 2.34. The van der Waals surface area contributed by atoms with E-state index in [1.807, 2.05) is 13.8 Å². The first kappa shape index (κ1) is 13.4. The Hall–Kier alpha value is -0.630. The van der Waals surface area contributed by atoms with Crippen LogP contribution < -0.4 is 5.32 Å². The van der Waals surface area contributed by atoms with Crippen LogP contribution in [-0.4, -0.2) is 61.2 Å². The molecule has 92 valence electrons. The van der Waals surface area contributed by atoms with Crippen molar-refractivity contribution in [2.24, 2.45) is 0 Å². The van der Waals surface area contributed by atoms with E-state index in [0.717, 1.165) is 32.7 Å². The van der Waals surface area contributed by atoms with Crippen molar-refractivity contribution in [3.05, 3.63) is 0 Å². The van der Waals surface area contributed by atoms with Crippen molar-refractivity contribution in [2.45, 2.75) is 32.4 Å². The molecule has 0 aromatic heterocycles. The normalized spacial score (nSPS) is 27.3. The first-order valence-corrected chi connectivity index (χ1v) is 6.09. The molecule has 16 heavy (non-hydrogen) atoms. The van der Waals surface area contributed by atoms with Gasteiger partial charge in [-0.05, 0) is 27.4 Å². The predicted octanol–water partition coefficient (Wildman–Crippen LogP) is 0.514. The maximum atomic E-state index is 9.24. The highest BCUT2D eigenvalue weighted by molar-refractivity contribution is 5.06. The third-order valence-corrected chi connectivity index (χ3v) is 3.30. The van der Waals surface area contributed by atoms with Crippen molar-refractivity contribution in [2.75, 3.05) is 39.8 Å². The van der Waals surface area contributed by atoms with Crippen LogP contribution in [-0.2, 0) is 0 Å². The Kier molecular flexibility index (Phi) is 4.72. The van der Waals surface area contributed by atoms with Gasteiger partial charge in [0.25, 0.3) is 0 Å². The van der Waals surface area contributed by atoms with Crippen molar-refractivity contribution >= 4 is 0 Å². The van der Waals surface area contributed by atoms with Crippen LogP contribution >= 0.6 is 0 Å². The Morgan fingerprint density at radius 1 is 1.50 bits per heavy atom. The molecular formula is C12H24N4. The van der Waals surface area contributed by atoms with Crippen LogP contribution in [0.2, 0.25) is 0 Å². The van der Waals surface area contributed by atoms with Gasteiger partial charge in [0.05, 0.1) is 6.07 Å². The van der Waals surface area contributed by atoms with E-state index in [1.54, 1.807) is 0 Å². The highest BCUT2D eigenvalue weighted by atomic mass is 15.3. The molecule has 1 aliphatic rings. The molecule has 0 saturated carbocycles. The Morgan fingerprint density at radius 3 is 2.69 bits per heavy atom. The second-order valence-corrected chi connectivity index (χ2v) is 5.06. The second kappa shape index (κ2) is 5.62. The second-order valence-electron chi connectivity index (χ2n) is 5.06. The van der Waals surface area contributed by atoms with E-state index in [-0.39, 0.29) is 0 Å². The van der Waals surface area contributed by atoms with Crippen LogP contribution in [0.4, 0.5) is 0 Å². The molecule has 1 N–H and O–H groups in total. The van der Waals surface area contributed by atoms with E-state index in [1.165, 1.54) is 0 Å². The molecule has 4 nitrogen and oxygen atoms in total. The minimum absolute atomic E-state index is 0.418. The first-order chi connectivity index (χ1) is 7.50. The van der Waals surface area contributed by atoms with Gasteiger partial charge in [-0.2, -0.15) is 5.26 Å². The van der Waals surface area contributed by atoms with Gasteiger partial charge >= 0.3 is 0 Å². The van der Waals surface area contributed by atoms with Crippen LogP contribution in [0.3, 0.4) is 0 Å². The summed E-state index contributed by atoms with van der Waals surface area (Å²) in [5.41, 5.74) is -0.418. The average molecular weight is 224 g/mol. The van der Waals surface area contributed by atoms with Crippen molar-refractivity contribution in [3.8, 4) is 6.07 Å². The molecule has 1 aliphatic heterocycles. The third-order valence-electron chi connectivity index (χ3n) is 3.30. The standard InChI is InChI=1S/C12H24N4/c1-5-14-12(3,9-13)10-16-7-6-15(4)8-11(16)2/h11,14H,5-8,10H2,1-4H3. The summed E-state index contributed by atoms with van der Waals surface area (Å²) in [6.07, 6.45) is 0. The molecule has 0 bridgehead atoms. The van der Waals surface area contributed by atoms with E-state index in [0.29, 0.717) is 6.04 Å². The molecular weight excluding hydrogens is 200 g/mol. The highest BCUT2D eigenvalue weighted by Crippen LogP contribution is 2.13. The molecule has 1 heterocycles. The lowest BCUT2D eigenvalue weighted by Crippen LogP contribution is -2.58. The maximum Gasteiger partial charge on any atom is 0.116 e. The van der Waals surface area contributed by atoms with E-state index >= 15 is 0 Å². The molecule has 0 aliphatic carbocycles. The molecule has 2 unspecified atom stereocenters. The largest absolute Gasteiger partial charge is 0.304 e. The van der Waals surface area contributed by atoms with Gasteiger partial charge in [0.1, 0.15) is 5.54 Å². The molecule has 1 saturated heterocycles. The molecule has 0 spiro atoms. The predicted molar refractivity (Wildman–Crippen MR) is 66.2 cm³/mol. The molecule has 0 radical (unpaired) electrons. The highest BCUT2D eigenvalue weighted by Gasteiger charge is 2.30. The number of nitrogens with zero attached hydrogens (tertiary/aromatic N) is 3. The zero-order valence-electron chi connectivity index (χ0n) is 11.0. The zero-order chi connectivity index (χ0) is 12.2. The summed E-state index contributed by atoms with van der Waals surface area (Å²) in [6, 6.07) is 2.92. The van der Waals surface area contributed by atoms with Gasteiger partial charge < -0.3 is 4.90 Å². The van der Waals surface area contributed by atoms with Gasteiger partial charge in [-0.3, -0.25) is 10.2 Å². The lowest BCUT2D eigenvalue weighted by atomic mass is 10.0. The van der Waals surface area contributed by atoms with E-state index in [9.17, 15) is 5.26 Å². The number of rotatable bonds is 4. The van der Waals surface area contributed by atoms with E-state index < -0.39 is 5.54 Å². The van der Waals surface area contributed by atoms with Gasteiger partial charge in [0, 0.05) is 32.2 Å². The van der Waals surface area contributed by atoms with Crippen molar-refractivity contribution in [3.63, 3.8) is 0 Å². The smallest absolute Gasteiger partial charge is 0.116 e. The molecule has 0 amide bonds. The molecule has 4 heteroatoms. The fourth-order valence-corrected chi connectivity index (χ4v) is 2.34. The molecule has 1 fully saturated rings. The number of likely N-dealkylation sites (N-methyl/N-ethyl adjacent to an activating group) is 2. The maximum absolute atomic E-state index is 9.24. The topological polar surface area (TPSA) is 42.3 Å². The van der Waals surface area contributed by atoms with Crippen molar-refractivity contribution in [1.82, 2.24) is 15.1 Å². The fraction of sp³-hybridized carbons (Fsp3) is 0.917. The van der Waals surface area contributed by atoms with Gasteiger partial charge in [-0.1, -0.05) is 6.92 Å². The summed E-state index contributed by atoms with van der Waals surface area (Å²) in [5, 5.41) is 12.5. The SMILES string of the molecule is CCNC(C)(C#N)CN1CCN(C)CC1C. The van der Waals surface area contributed by atoms with Crippen LogP contribution in [0.1, 0.15) is 20.8 Å². The molecule has 2 atom stereocenters. The van der Waals surface area contributed by atoms with E-state index in [4.69, 9.17) is 0 Å². The van der Waals surface area contributed by atoms with Crippen LogP contribution in [0, 0.1) is 11.3 Å². The number of nitrogens with one attached hydrogen (secondary N) is 1. The molecule has 1 rings (SSSR count). The Balaban J connectivity index is 2.55. The Bertz CT molecular complexity index is 260. The third kappa shape index (κ3) is 3.44. The Labute approximate surface area is 99.2 Å². The number of piperazine rings is 1. The lowest BCUT2D eigenvalue weighted by molar-refractivity contribution is 0.0833. The molecule has 0 aromatic rings. The summed E-state index contributed by atoms with van der Waals surface area (Å²) in [7, 11) is 2.15. The summed E-state index contributed by atoms with van der Waals surface area (Å²) in [6.45, 7) is 11.2. The number of hydrogen-bond acceptors (Lipinski definition) is 4. The van der Waals surface area contributed by atoms with Crippen LogP contribution in [0.5, 0.6) is 0 Å². The number of nitriles is 1. The van der Waals surface area contributed by atoms with Gasteiger partial charge in [-0.15, -0.1) is 0 Å².